The van der Waals surface area contributed by atoms with Crippen molar-refractivity contribution in [3.8, 4) is 34.4 Å². The maximum Gasteiger partial charge on any atom is 0.140 e. The molecule has 32 heavy (non-hydrogen) atoms. The molecule has 0 spiro atoms. The molecule has 0 aliphatic heterocycles. The average Bonchev–Trinajstić information content (AvgIpc) is 2.83. The van der Waals surface area contributed by atoms with Gasteiger partial charge in [0.2, 0.25) is 0 Å². The number of pyridine rings is 2. The minimum Gasteiger partial charge on any atom is -0.399 e. The van der Waals surface area contributed by atoms with Crippen molar-refractivity contribution in [3.05, 3.63) is 84.4 Å². The minimum atomic E-state index is 0.381. The molecule has 0 saturated carbocycles. The first-order valence-electron chi connectivity index (χ1n) is 9.44. The third-order valence-electron chi connectivity index (χ3n) is 4.53. The first kappa shape index (κ1) is 21.6. The summed E-state index contributed by atoms with van der Waals surface area (Å²) >= 11 is 0. The van der Waals surface area contributed by atoms with Crippen molar-refractivity contribution < 1.29 is 0 Å². The van der Waals surface area contributed by atoms with Crippen molar-refractivity contribution in [1.29, 1.82) is 10.5 Å². The minimum absolute atomic E-state index is 0.381. The quantitative estimate of drug-likeness (QED) is 0.355. The normalized spacial score (nSPS) is 9.69. The van der Waals surface area contributed by atoms with Crippen LogP contribution in [0.5, 0.6) is 0 Å². The van der Waals surface area contributed by atoms with Gasteiger partial charge in [0, 0.05) is 57.4 Å². The predicted octanol–water partition coefficient (Wildman–Crippen LogP) is 3.57. The van der Waals surface area contributed by atoms with E-state index in [0.29, 0.717) is 34.1 Å². The number of nitriles is 2. The van der Waals surface area contributed by atoms with Gasteiger partial charge in [0.15, 0.2) is 0 Å². The van der Waals surface area contributed by atoms with Gasteiger partial charge in [-0.1, -0.05) is 0 Å². The lowest BCUT2D eigenvalue weighted by atomic mass is 10.0. The Balaban J connectivity index is 0.000000181. The smallest absolute Gasteiger partial charge is 0.140 e. The van der Waals surface area contributed by atoms with Gasteiger partial charge in [-0.2, -0.15) is 10.5 Å². The molecule has 0 fully saturated rings. The number of nitrogens with two attached hydrogens (primary N) is 4. The summed E-state index contributed by atoms with van der Waals surface area (Å²) in [5, 5.41) is 17.3. The van der Waals surface area contributed by atoms with Gasteiger partial charge in [-0.3, -0.25) is 0 Å². The number of rotatable bonds is 2. The number of anilines is 4. The van der Waals surface area contributed by atoms with E-state index in [9.17, 15) is 0 Å². The monoisotopic (exact) mass is 420 g/mol. The molecule has 2 aromatic heterocycles. The summed E-state index contributed by atoms with van der Waals surface area (Å²) in [6, 6.07) is 21.4. The fraction of sp³-hybridized carbons (Fsp3) is 0. The first-order chi connectivity index (χ1) is 15.4. The third kappa shape index (κ3) is 5.09. The Morgan fingerprint density at radius 3 is 1.28 bits per heavy atom. The molecule has 8 N–H and O–H groups in total. The van der Waals surface area contributed by atoms with Gasteiger partial charge in [-0.25, -0.2) is 9.97 Å². The highest BCUT2D eigenvalue weighted by Gasteiger charge is 2.05. The molecule has 2 aromatic carbocycles. The molecular weight excluding hydrogens is 400 g/mol. The second kappa shape index (κ2) is 9.61. The van der Waals surface area contributed by atoms with Crippen molar-refractivity contribution in [2.24, 2.45) is 0 Å². The van der Waals surface area contributed by atoms with Gasteiger partial charge in [0.25, 0.3) is 0 Å². The van der Waals surface area contributed by atoms with Crippen LogP contribution in [0.4, 0.5) is 22.7 Å². The molecule has 2 heterocycles. The van der Waals surface area contributed by atoms with Crippen LogP contribution in [0, 0.1) is 22.7 Å². The number of nitrogens with zero attached hydrogens (tertiary/aromatic N) is 4. The van der Waals surface area contributed by atoms with Crippen LogP contribution in [-0.4, -0.2) is 9.97 Å². The van der Waals surface area contributed by atoms with E-state index in [0.717, 1.165) is 22.3 Å². The van der Waals surface area contributed by atoms with Gasteiger partial charge in [0.05, 0.1) is 0 Å². The molecule has 0 bridgehead atoms. The number of hydrogen-bond acceptors (Lipinski definition) is 8. The Labute approximate surface area is 185 Å². The highest BCUT2D eigenvalue weighted by Crippen LogP contribution is 2.28. The van der Waals surface area contributed by atoms with Crippen LogP contribution in [0.2, 0.25) is 0 Å². The average molecular weight is 420 g/mol. The summed E-state index contributed by atoms with van der Waals surface area (Å²) in [6.07, 6.45) is 3.23. The van der Waals surface area contributed by atoms with E-state index in [1.807, 2.05) is 12.1 Å². The molecule has 0 atom stereocenters. The molecule has 8 nitrogen and oxygen atoms in total. The summed E-state index contributed by atoms with van der Waals surface area (Å²) in [7, 11) is 0. The SMILES string of the molecule is N#Cc1ccc(-c2cc(N)ccc2N)cn1.N#Cc1ccc(-c2cc(N)ccc2N)cn1. The number of nitrogen functional groups attached to an aromatic ring is 4. The molecular formula is C24H20N8. The molecule has 4 aromatic rings. The van der Waals surface area contributed by atoms with Gasteiger partial charge in [0.1, 0.15) is 23.5 Å². The van der Waals surface area contributed by atoms with E-state index in [2.05, 4.69) is 9.97 Å². The highest BCUT2D eigenvalue weighted by atomic mass is 14.7. The van der Waals surface area contributed by atoms with E-state index in [-0.39, 0.29) is 0 Å². The molecule has 0 aliphatic rings. The molecule has 156 valence electrons. The van der Waals surface area contributed by atoms with Crippen LogP contribution in [0.15, 0.2) is 73.1 Å². The van der Waals surface area contributed by atoms with E-state index in [1.54, 1.807) is 73.1 Å². The molecule has 4 rings (SSSR count). The zero-order chi connectivity index (χ0) is 23.1. The molecule has 0 saturated heterocycles. The van der Waals surface area contributed by atoms with Gasteiger partial charge in [-0.05, 0) is 60.7 Å². The lowest BCUT2D eigenvalue weighted by Gasteiger charge is -2.06. The Kier molecular flexibility index (Phi) is 6.50. The summed E-state index contributed by atoms with van der Waals surface area (Å²) in [5.41, 5.74) is 29.8. The zero-order valence-electron chi connectivity index (χ0n) is 17.0. The van der Waals surface area contributed by atoms with Crippen molar-refractivity contribution in [2.75, 3.05) is 22.9 Å². The van der Waals surface area contributed by atoms with Crippen LogP contribution in [0.1, 0.15) is 11.4 Å². The fourth-order valence-electron chi connectivity index (χ4n) is 2.89. The van der Waals surface area contributed by atoms with E-state index >= 15 is 0 Å². The van der Waals surface area contributed by atoms with Gasteiger partial charge in [-0.15, -0.1) is 0 Å². The summed E-state index contributed by atoms with van der Waals surface area (Å²) in [5.74, 6) is 0. The van der Waals surface area contributed by atoms with Crippen LogP contribution >= 0.6 is 0 Å². The molecule has 0 radical (unpaired) electrons. The van der Waals surface area contributed by atoms with Crippen LogP contribution in [0.25, 0.3) is 22.3 Å². The lowest BCUT2D eigenvalue weighted by Crippen LogP contribution is -1.93. The predicted molar refractivity (Wildman–Crippen MR) is 126 cm³/mol. The van der Waals surface area contributed by atoms with E-state index in [1.165, 1.54) is 0 Å². The van der Waals surface area contributed by atoms with Crippen LogP contribution in [-0.2, 0) is 0 Å². The Morgan fingerprint density at radius 1 is 0.562 bits per heavy atom. The molecule has 0 amide bonds. The van der Waals surface area contributed by atoms with Crippen LogP contribution in [0.3, 0.4) is 0 Å². The van der Waals surface area contributed by atoms with E-state index < -0.39 is 0 Å². The first-order valence-corrected chi connectivity index (χ1v) is 9.44. The topological polar surface area (TPSA) is 177 Å². The summed E-state index contributed by atoms with van der Waals surface area (Å²) in [4.78, 5) is 7.97. The maximum absolute atomic E-state index is 8.64. The van der Waals surface area contributed by atoms with Crippen LogP contribution < -0.4 is 22.9 Å². The van der Waals surface area contributed by atoms with Crippen molar-refractivity contribution >= 4 is 22.7 Å². The zero-order valence-corrected chi connectivity index (χ0v) is 17.0. The second-order valence-electron chi connectivity index (χ2n) is 6.78. The number of hydrogen-bond donors (Lipinski definition) is 4. The Hall–Kier alpha value is -5.08. The lowest BCUT2D eigenvalue weighted by molar-refractivity contribution is 1.27. The summed E-state index contributed by atoms with van der Waals surface area (Å²) in [6.45, 7) is 0. The van der Waals surface area contributed by atoms with Gasteiger partial charge >= 0.3 is 0 Å². The number of benzene rings is 2. The Bertz CT molecular complexity index is 1210. The maximum atomic E-state index is 8.64. The summed E-state index contributed by atoms with van der Waals surface area (Å²) < 4.78 is 0. The molecule has 0 unspecified atom stereocenters. The largest absolute Gasteiger partial charge is 0.399 e. The van der Waals surface area contributed by atoms with Gasteiger partial charge < -0.3 is 22.9 Å². The number of aromatic nitrogens is 2. The van der Waals surface area contributed by atoms with Crippen molar-refractivity contribution in [3.63, 3.8) is 0 Å². The van der Waals surface area contributed by atoms with Crippen molar-refractivity contribution in [1.82, 2.24) is 9.97 Å². The van der Waals surface area contributed by atoms with Crippen molar-refractivity contribution in [2.45, 2.75) is 0 Å². The standard InChI is InChI=1S/2C12H10N4/c2*13-6-10-3-1-8(7-16-10)11-5-9(14)2-4-12(11)15/h2*1-5,7H,14-15H2. The second-order valence-corrected chi connectivity index (χ2v) is 6.78. The molecule has 8 heteroatoms. The highest BCUT2D eigenvalue weighted by molar-refractivity contribution is 5.79. The van der Waals surface area contributed by atoms with E-state index in [4.69, 9.17) is 33.5 Å². The third-order valence-corrected chi connectivity index (χ3v) is 4.53. The fourth-order valence-corrected chi connectivity index (χ4v) is 2.89. The Morgan fingerprint density at radius 2 is 0.969 bits per heavy atom. The molecule has 0 aliphatic carbocycles.